The Balaban J connectivity index is 2.07. The third kappa shape index (κ3) is 2.90. The van der Waals surface area contributed by atoms with Gasteiger partial charge < -0.3 is 19.9 Å². The molecule has 0 radical (unpaired) electrons. The minimum atomic E-state index is -0.247. The summed E-state index contributed by atoms with van der Waals surface area (Å²) < 4.78 is 5.60. The lowest BCUT2D eigenvalue weighted by atomic mass is 10.0. The van der Waals surface area contributed by atoms with Gasteiger partial charge in [-0.3, -0.25) is 4.79 Å². The van der Waals surface area contributed by atoms with Crippen molar-refractivity contribution in [3.8, 4) is 5.75 Å². The number of benzene rings is 1. The van der Waals surface area contributed by atoms with Crippen LogP contribution in [0.1, 0.15) is 18.9 Å². The molecule has 0 aliphatic carbocycles. The highest BCUT2D eigenvalue weighted by Crippen LogP contribution is 2.38. The van der Waals surface area contributed by atoms with Crippen molar-refractivity contribution in [3.63, 3.8) is 0 Å². The molecule has 0 aromatic heterocycles. The predicted octanol–water partition coefficient (Wildman–Crippen LogP) is 1.16. The quantitative estimate of drug-likeness (QED) is 0.666. The molecule has 6 nitrogen and oxygen atoms in total. The largest absolute Gasteiger partial charge is 0.495 e. The van der Waals surface area contributed by atoms with Gasteiger partial charge in [0.15, 0.2) is 0 Å². The Bertz CT molecular complexity index is 689. The number of hydrogen-bond acceptors (Lipinski definition) is 5. The van der Waals surface area contributed by atoms with Crippen LogP contribution in [0.2, 0.25) is 0 Å². The summed E-state index contributed by atoms with van der Waals surface area (Å²) >= 11 is 0. The molecule has 128 valence electrons. The average molecular weight is 329 g/mol. The molecule has 3 rings (SSSR count). The van der Waals surface area contributed by atoms with E-state index in [0.29, 0.717) is 19.4 Å². The zero-order valence-corrected chi connectivity index (χ0v) is 14.2. The molecule has 0 atom stereocenters. The summed E-state index contributed by atoms with van der Waals surface area (Å²) in [6, 6.07) is 4.05. The summed E-state index contributed by atoms with van der Waals surface area (Å²) in [6.07, 6.45) is 1.09. The van der Waals surface area contributed by atoms with Crippen molar-refractivity contribution in [3.05, 3.63) is 23.3 Å². The monoisotopic (exact) mass is 329 g/mol. The summed E-state index contributed by atoms with van der Waals surface area (Å²) in [7, 11) is 1.65. The first-order valence-corrected chi connectivity index (χ1v) is 8.42. The lowest BCUT2D eigenvalue weighted by Gasteiger charge is -2.32. The van der Waals surface area contributed by atoms with Crippen LogP contribution >= 0.6 is 0 Å². The Morgan fingerprint density at radius 2 is 1.96 bits per heavy atom. The van der Waals surface area contributed by atoms with Gasteiger partial charge in [-0.2, -0.15) is 0 Å². The fourth-order valence-electron chi connectivity index (χ4n) is 3.42. The summed E-state index contributed by atoms with van der Waals surface area (Å²) in [4.78, 5) is 27.6. The van der Waals surface area contributed by atoms with E-state index in [9.17, 15) is 9.59 Å². The molecule has 2 aliphatic heterocycles. The van der Waals surface area contributed by atoms with Crippen LogP contribution in [-0.4, -0.2) is 51.7 Å². The van der Waals surface area contributed by atoms with Gasteiger partial charge in [0.2, 0.25) is 0 Å². The third-order valence-corrected chi connectivity index (χ3v) is 4.72. The van der Waals surface area contributed by atoms with E-state index in [2.05, 4.69) is 16.3 Å². The number of hydrogen-bond donors (Lipinski definition) is 1. The van der Waals surface area contributed by atoms with Crippen molar-refractivity contribution in [1.82, 2.24) is 5.32 Å². The molecule has 0 spiro atoms. The Morgan fingerprint density at radius 3 is 2.58 bits per heavy atom. The predicted molar refractivity (Wildman–Crippen MR) is 93.6 cm³/mol. The standard InChI is InChI=1S/C18H23N3O3/c1-3-21-15-11-17(24-2)16(20-8-6-19-7-9-20)10-13(15)4-5-14(12-22)18(21)23/h10-11,19H,3-9H2,1-2H3. The molecule has 1 fully saturated rings. The van der Waals surface area contributed by atoms with Crippen molar-refractivity contribution in [2.45, 2.75) is 19.8 Å². The van der Waals surface area contributed by atoms with Gasteiger partial charge in [0.25, 0.3) is 5.91 Å². The molecule has 24 heavy (non-hydrogen) atoms. The van der Waals surface area contributed by atoms with Crippen LogP contribution in [0.15, 0.2) is 17.7 Å². The summed E-state index contributed by atoms with van der Waals surface area (Å²) in [5, 5.41) is 3.35. The maximum Gasteiger partial charge on any atom is 0.265 e. The molecule has 2 heterocycles. The van der Waals surface area contributed by atoms with E-state index in [4.69, 9.17) is 4.74 Å². The number of likely N-dealkylation sites (N-methyl/N-ethyl adjacent to an activating group) is 1. The number of anilines is 2. The van der Waals surface area contributed by atoms with E-state index < -0.39 is 0 Å². The fourth-order valence-corrected chi connectivity index (χ4v) is 3.42. The fraction of sp³-hybridized carbons (Fsp3) is 0.500. The van der Waals surface area contributed by atoms with Gasteiger partial charge in [0, 0.05) is 38.8 Å². The molecular weight excluding hydrogens is 306 g/mol. The number of fused-ring (bicyclic) bond motifs is 1. The topological polar surface area (TPSA) is 61.9 Å². The minimum Gasteiger partial charge on any atom is -0.495 e. The number of carbonyl (C=O) groups is 1. The van der Waals surface area contributed by atoms with E-state index in [-0.39, 0.29) is 11.5 Å². The van der Waals surface area contributed by atoms with E-state index >= 15 is 0 Å². The van der Waals surface area contributed by atoms with Gasteiger partial charge in [-0.1, -0.05) is 0 Å². The summed E-state index contributed by atoms with van der Waals surface area (Å²) in [5.41, 5.74) is 3.18. The number of aryl methyl sites for hydroxylation is 1. The van der Waals surface area contributed by atoms with Gasteiger partial charge in [-0.15, -0.1) is 0 Å². The van der Waals surface area contributed by atoms with Crippen molar-refractivity contribution in [2.75, 3.05) is 49.6 Å². The lowest BCUT2D eigenvalue weighted by molar-refractivity contribution is -0.115. The number of methoxy groups -OCH3 is 1. The van der Waals surface area contributed by atoms with Crippen LogP contribution in [0.5, 0.6) is 5.75 Å². The Morgan fingerprint density at radius 1 is 1.21 bits per heavy atom. The highest BCUT2D eigenvalue weighted by atomic mass is 16.5. The Kier molecular flexibility index (Phi) is 4.88. The SMILES string of the molecule is CCN1C(=O)C(=C=O)CCc2cc(N3CCNCC3)c(OC)cc21. The van der Waals surface area contributed by atoms with Crippen molar-refractivity contribution < 1.29 is 14.3 Å². The second-order valence-electron chi connectivity index (χ2n) is 6.02. The maximum absolute atomic E-state index is 12.5. The number of rotatable bonds is 3. The van der Waals surface area contributed by atoms with Gasteiger partial charge >= 0.3 is 0 Å². The van der Waals surface area contributed by atoms with Crippen molar-refractivity contribution >= 4 is 23.2 Å². The molecule has 1 N–H and O–H groups in total. The molecule has 0 unspecified atom stereocenters. The molecule has 1 saturated heterocycles. The highest BCUT2D eigenvalue weighted by molar-refractivity contribution is 6.11. The van der Waals surface area contributed by atoms with Crippen LogP contribution in [-0.2, 0) is 16.0 Å². The molecule has 1 aromatic rings. The Labute approximate surface area is 142 Å². The van der Waals surface area contributed by atoms with Crippen molar-refractivity contribution in [2.24, 2.45) is 0 Å². The van der Waals surface area contributed by atoms with E-state index in [1.54, 1.807) is 12.0 Å². The molecule has 0 bridgehead atoms. The van der Waals surface area contributed by atoms with Crippen LogP contribution in [0.3, 0.4) is 0 Å². The average Bonchev–Trinajstić information content (AvgIpc) is 2.76. The number of ether oxygens (including phenoxy) is 1. The zero-order valence-electron chi connectivity index (χ0n) is 14.2. The lowest BCUT2D eigenvalue weighted by Crippen LogP contribution is -2.43. The second kappa shape index (κ2) is 7.07. The van der Waals surface area contributed by atoms with Gasteiger partial charge in [-0.25, -0.2) is 4.79 Å². The highest BCUT2D eigenvalue weighted by Gasteiger charge is 2.28. The normalized spacial score (nSPS) is 18.1. The van der Waals surface area contributed by atoms with Gasteiger partial charge in [0.1, 0.15) is 17.3 Å². The first kappa shape index (κ1) is 16.6. The summed E-state index contributed by atoms with van der Waals surface area (Å²) in [6.45, 7) is 6.14. The summed E-state index contributed by atoms with van der Waals surface area (Å²) in [5.74, 6) is 2.34. The molecule has 1 aromatic carbocycles. The van der Waals surface area contributed by atoms with Gasteiger partial charge in [-0.05, 0) is 31.4 Å². The van der Waals surface area contributed by atoms with Crippen molar-refractivity contribution in [1.29, 1.82) is 0 Å². The van der Waals surface area contributed by atoms with Crippen LogP contribution in [0.25, 0.3) is 0 Å². The maximum atomic E-state index is 12.5. The number of nitrogens with zero attached hydrogens (tertiary/aromatic N) is 2. The van der Waals surface area contributed by atoms with E-state index in [0.717, 1.165) is 48.9 Å². The zero-order chi connectivity index (χ0) is 17.1. The first-order chi connectivity index (χ1) is 11.7. The second-order valence-corrected chi connectivity index (χ2v) is 6.02. The first-order valence-electron chi connectivity index (χ1n) is 8.42. The van der Waals surface area contributed by atoms with Crippen LogP contribution in [0, 0.1) is 0 Å². The molecule has 2 aliphatic rings. The number of piperazine rings is 1. The smallest absolute Gasteiger partial charge is 0.265 e. The third-order valence-electron chi connectivity index (χ3n) is 4.72. The molecular formula is C18H23N3O3. The molecule has 0 saturated carbocycles. The minimum absolute atomic E-state index is 0.218. The Hall–Kier alpha value is -2.30. The van der Waals surface area contributed by atoms with Crippen LogP contribution < -0.4 is 19.9 Å². The molecule has 1 amide bonds. The van der Waals surface area contributed by atoms with Gasteiger partial charge in [0.05, 0.1) is 18.5 Å². The number of amides is 1. The number of nitrogens with one attached hydrogen (secondary N) is 1. The number of carbonyl (C=O) groups excluding carboxylic acids is 2. The van der Waals surface area contributed by atoms with E-state index in [1.807, 2.05) is 18.9 Å². The van der Waals surface area contributed by atoms with E-state index in [1.165, 1.54) is 0 Å². The van der Waals surface area contributed by atoms with Crippen LogP contribution in [0.4, 0.5) is 11.4 Å². The molecule has 6 heteroatoms.